The molecule has 1 amide bonds. The molecular formula is C21H24ClN3O. The van der Waals surface area contributed by atoms with Gasteiger partial charge in [-0.25, -0.2) is 4.98 Å². The molecule has 1 saturated heterocycles. The van der Waals surface area contributed by atoms with Crippen molar-refractivity contribution in [2.75, 3.05) is 31.1 Å². The summed E-state index contributed by atoms with van der Waals surface area (Å²) in [7, 11) is 0. The van der Waals surface area contributed by atoms with Crippen molar-refractivity contribution in [3.8, 4) is 0 Å². The van der Waals surface area contributed by atoms with E-state index in [1.54, 1.807) is 0 Å². The first-order valence-corrected chi connectivity index (χ1v) is 9.78. The summed E-state index contributed by atoms with van der Waals surface area (Å²) >= 11 is 6.06. The van der Waals surface area contributed by atoms with Crippen LogP contribution in [0.1, 0.15) is 31.2 Å². The topological polar surface area (TPSA) is 36.4 Å². The first kappa shape index (κ1) is 17.3. The largest absolute Gasteiger partial charge is 0.353 e. The number of carbonyl (C=O) groups excluding carboxylic acids is 1. The normalized spacial score (nSPS) is 19.6. The van der Waals surface area contributed by atoms with Gasteiger partial charge in [-0.05, 0) is 42.7 Å². The summed E-state index contributed by atoms with van der Waals surface area (Å²) in [4.78, 5) is 22.3. The molecule has 0 spiro atoms. The number of aromatic nitrogens is 1. The number of carbonyl (C=O) groups is 1. The number of halogens is 1. The van der Waals surface area contributed by atoms with E-state index < -0.39 is 0 Å². The summed E-state index contributed by atoms with van der Waals surface area (Å²) in [6.07, 6.45) is 5.92. The summed E-state index contributed by atoms with van der Waals surface area (Å²) in [5, 5.41) is 0.721. The van der Waals surface area contributed by atoms with Gasteiger partial charge in [-0.15, -0.1) is 0 Å². The fourth-order valence-corrected chi connectivity index (χ4v) is 4.48. The lowest BCUT2D eigenvalue weighted by Crippen LogP contribution is -2.54. The van der Waals surface area contributed by atoms with E-state index in [-0.39, 0.29) is 11.3 Å². The minimum Gasteiger partial charge on any atom is -0.353 e. The van der Waals surface area contributed by atoms with Crippen LogP contribution >= 0.6 is 11.6 Å². The van der Waals surface area contributed by atoms with Gasteiger partial charge in [-0.3, -0.25) is 4.79 Å². The Bertz CT molecular complexity index is 749. The van der Waals surface area contributed by atoms with E-state index in [1.807, 2.05) is 48.7 Å². The van der Waals surface area contributed by atoms with Crippen molar-refractivity contribution in [3.05, 3.63) is 59.2 Å². The lowest BCUT2D eigenvalue weighted by Gasteiger charge is -2.40. The van der Waals surface area contributed by atoms with Crippen molar-refractivity contribution in [2.24, 2.45) is 0 Å². The molecule has 136 valence electrons. The van der Waals surface area contributed by atoms with E-state index >= 15 is 0 Å². The van der Waals surface area contributed by atoms with E-state index in [0.29, 0.717) is 0 Å². The van der Waals surface area contributed by atoms with Crippen LogP contribution in [0.4, 0.5) is 5.82 Å². The first-order valence-electron chi connectivity index (χ1n) is 9.40. The Kier molecular flexibility index (Phi) is 4.86. The van der Waals surface area contributed by atoms with Gasteiger partial charge < -0.3 is 9.80 Å². The third kappa shape index (κ3) is 3.18. The molecule has 26 heavy (non-hydrogen) atoms. The second-order valence-electron chi connectivity index (χ2n) is 7.26. The fraction of sp³-hybridized carbons (Fsp3) is 0.429. The Labute approximate surface area is 159 Å². The average Bonchev–Trinajstić information content (AvgIpc) is 3.20. The van der Waals surface area contributed by atoms with Crippen LogP contribution in [0.15, 0.2) is 48.7 Å². The zero-order chi connectivity index (χ0) is 18.0. The van der Waals surface area contributed by atoms with Gasteiger partial charge in [-0.1, -0.05) is 42.6 Å². The van der Waals surface area contributed by atoms with Gasteiger partial charge in [0, 0.05) is 37.4 Å². The molecule has 2 aliphatic rings. The second kappa shape index (κ2) is 7.28. The maximum Gasteiger partial charge on any atom is 0.233 e. The number of amides is 1. The summed E-state index contributed by atoms with van der Waals surface area (Å²) in [6.45, 7) is 3.17. The smallest absolute Gasteiger partial charge is 0.233 e. The van der Waals surface area contributed by atoms with Gasteiger partial charge in [0.2, 0.25) is 5.91 Å². The highest BCUT2D eigenvalue weighted by Crippen LogP contribution is 2.43. The van der Waals surface area contributed by atoms with Crippen LogP contribution in [-0.4, -0.2) is 42.0 Å². The van der Waals surface area contributed by atoms with Gasteiger partial charge in [-0.2, -0.15) is 0 Å². The number of pyridine rings is 1. The monoisotopic (exact) mass is 369 g/mol. The minimum absolute atomic E-state index is 0.290. The van der Waals surface area contributed by atoms with Gasteiger partial charge in [0.15, 0.2) is 0 Å². The summed E-state index contributed by atoms with van der Waals surface area (Å²) < 4.78 is 0. The van der Waals surface area contributed by atoms with Crippen molar-refractivity contribution in [1.82, 2.24) is 9.88 Å². The van der Waals surface area contributed by atoms with Crippen molar-refractivity contribution in [3.63, 3.8) is 0 Å². The van der Waals surface area contributed by atoms with Crippen molar-refractivity contribution in [1.29, 1.82) is 0 Å². The maximum absolute atomic E-state index is 13.5. The molecule has 4 rings (SSSR count). The predicted octanol–water partition coefficient (Wildman–Crippen LogP) is 3.90. The Hall–Kier alpha value is -2.07. The number of nitrogens with zero attached hydrogens (tertiary/aromatic N) is 3. The lowest BCUT2D eigenvalue weighted by atomic mass is 9.77. The molecule has 1 saturated carbocycles. The standard InChI is InChI=1S/C21H24ClN3O/c22-18-8-6-17(7-9-18)21(10-2-3-11-21)20(26)25-15-13-24(14-16-25)19-5-1-4-12-23-19/h1,4-9,12H,2-3,10-11,13-16H2. The molecule has 2 fully saturated rings. The molecule has 0 atom stereocenters. The van der Waals surface area contributed by atoms with Crippen LogP contribution in [0, 0.1) is 0 Å². The number of rotatable bonds is 3. The van der Waals surface area contributed by atoms with Crippen LogP contribution in [0.5, 0.6) is 0 Å². The fourth-order valence-electron chi connectivity index (χ4n) is 4.36. The highest BCUT2D eigenvalue weighted by atomic mass is 35.5. The highest BCUT2D eigenvalue weighted by molar-refractivity contribution is 6.30. The number of benzene rings is 1. The van der Waals surface area contributed by atoms with Crippen molar-refractivity contribution < 1.29 is 4.79 Å². The summed E-state index contributed by atoms with van der Waals surface area (Å²) in [5.74, 6) is 1.28. The van der Waals surface area contributed by atoms with Gasteiger partial charge >= 0.3 is 0 Å². The van der Waals surface area contributed by atoms with Crippen LogP contribution in [-0.2, 0) is 10.2 Å². The van der Waals surface area contributed by atoms with Crippen LogP contribution in [0.25, 0.3) is 0 Å². The third-order valence-corrected chi connectivity index (χ3v) is 6.06. The van der Waals surface area contributed by atoms with E-state index in [9.17, 15) is 4.79 Å². The molecule has 1 aliphatic heterocycles. The third-order valence-electron chi connectivity index (χ3n) is 5.80. The van der Waals surface area contributed by atoms with Gasteiger partial charge in [0.25, 0.3) is 0 Å². The predicted molar refractivity (Wildman–Crippen MR) is 105 cm³/mol. The zero-order valence-corrected chi connectivity index (χ0v) is 15.7. The molecule has 1 aromatic carbocycles. The van der Waals surface area contributed by atoms with E-state index in [4.69, 9.17) is 11.6 Å². The lowest BCUT2D eigenvalue weighted by molar-refractivity contribution is -0.137. The Morgan fingerprint density at radius 3 is 2.27 bits per heavy atom. The SMILES string of the molecule is O=C(N1CCN(c2ccccn2)CC1)C1(c2ccc(Cl)cc2)CCCC1. The molecular weight excluding hydrogens is 346 g/mol. The molecule has 2 heterocycles. The van der Waals surface area contributed by atoms with Gasteiger partial charge in [0.05, 0.1) is 5.41 Å². The molecule has 0 N–H and O–H groups in total. The van der Waals surface area contributed by atoms with Gasteiger partial charge in [0.1, 0.15) is 5.82 Å². The Morgan fingerprint density at radius 1 is 0.962 bits per heavy atom. The molecule has 1 aliphatic carbocycles. The molecule has 0 radical (unpaired) electrons. The molecule has 1 aromatic heterocycles. The summed E-state index contributed by atoms with van der Waals surface area (Å²) in [6, 6.07) is 13.9. The number of anilines is 1. The quantitative estimate of drug-likeness (QED) is 0.823. The van der Waals surface area contributed by atoms with Crippen molar-refractivity contribution in [2.45, 2.75) is 31.1 Å². The number of piperazine rings is 1. The minimum atomic E-state index is -0.363. The van der Waals surface area contributed by atoms with E-state index in [1.165, 1.54) is 0 Å². The molecule has 0 unspecified atom stereocenters. The van der Waals surface area contributed by atoms with Crippen LogP contribution in [0.3, 0.4) is 0 Å². The molecule has 5 heteroatoms. The average molecular weight is 370 g/mol. The molecule has 0 bridgehead atoms. The van der Waals surface area contributed by atoms with E-state index in [0.717, 1.165) is 68.3 Å². The number of hydrogen-bond donors (Lipinski definition) is 0. The number of hydrogen-bond acceptors (Lipinski definition) is 3. The maximum atomic E-state index is 13.5. The van der Waals surface area contributed by atoms with Crippen LogP contribution in [0.2, 0.25) is 5.02 Å². The molecule has 4 nitrogen and oxygen atoms in total. The Morgan fingerprint density at radius 2 is 1.65 bits per heavy atom. The summed E-state index contributed by atoms with van der Waals surface area (Å²) in [5.41, 5.74) is 0.758. The highest BCUT2D eigenvalue weighted by Gasteiger charge is 2.45. The van der Waals surface area contributed by atoms with Crippen molar-refractivity contribution >= 4 is 23.3 Å². The Balaban J connectivity index is 1.50. The second-order valence-corrected chi connectivity index (χ2v) is 7.70. The zero-order valence-electron chi connectivity index (χ0n) is 14.9. The molecule has 2 aromatic rings. The van der Waals surface area contributed by atoms with E-state index in [2.05, 4.69) is 14.8 Å². The first-order chi connectivity index (χ1) is 12.7. The van der Waals surface area contributed by atoms with Crippen LogP contribution < -0.4 is 4.90 Å².